The number of esters is 1. The van der Waals surface area contributed by atoms with E-state index in [1.807, 2.05) is 26.8 Å². The van der Waals surface area contributed by atoms with Crippen molar-refractivity contribution in [3.63, 3.8) is 0 Å². The first-order valence-electron chi connectivity index (χ1n) is 9.88. The van der Waals surface area contributed by atoms with E-state index in [4.69, 9.17) is 16.2 Å². The molecule has 2 atom stereocenters. The van der Waals surface area contributed by atoms with Gasteiger partial charge in [-0.25, -0.2) is 0 Å². The molecule has 1 saturated heterocycles. The van der Waals surface area contributed by atoms with E-state index in [1.54, 1.807) is 6.07 Å². The van der Waals surface area contributed by atoms with Gasteiger partial charge in [-0.2, -0.15) is 12.0 Å². The van der Waals surface area contributed by atoms with Gasteiger partial charge in [0, 0.05) is 31.0 Å². The molecule has 0 spiro atoms. The number of anilines is 1. The molecule has 0 aliphatic carbocycles. The standard InChI is InChI=1S/C22H28N3O3.2CH3.Li/c1-22(2,3)28-20(26)8-5-15-9-10-25-13-16(11-15)14-27-21-17(12-23)18(24-4)6-7-19(21)25;;;/h4,6-7,15-16H,5,8-11,13-14H2,1-3H3;2*1H3;/q3*-1;+1/t15?,16-;;;/m1.../s1. The largest absolute Gasteiger partial charge is 1.00 e. The topological polar surface area (TPSA) is 74.9 Å². The summed E-state index contributed by atoms with van der Waals surface area (Å²) in [5, 5.41) is 9.53. The Morgan fingerprint density at radius 3 is 2.71 bits per heavy atom. The van der Waals surface area contributed by atoms with E-state index in [0.29, 0.717) is 41.9 Å². The van der Waals surface area contributed by atoms with Crippen LogP contribution in [0, 0.1) is 38.0 Å². The van der Waals surface area contributed by atoms with Gasteiger partial charge in [-0.1, -0.05) is 11.8 Å². The number of ether oxygens (including phenoxy) is 2. The molecule has 6 nitrogen and oxygen atoms in total. The second-order valence-electron chi connectivity index (χ2n) is 8.69. The molecule has 3 rings (SSSR count). The van der Waals surface area contributed by atoms with E-state index in [9.17, 15) is 10.1 Å². The number of nitrogens with zero attached hydrogens (tertiary/aromatic N) is 3. The molecule has 7 heteroatoms. The third kappa shape index (κ3) is 7.30. The summed E-state index contributed by atoms with van der Waals surface area (Å²) in [6, 6.07) is 5.89. The minimum atomic E-state index is -0.439. The predicted octanol–water partition coefficient (Wildman–Crippen LogP) is 2.02. The van der Waals surface area contributed by atoms with Crippen LogP contribution in [0.5, 0.6) is 5.75 Å². The van der Waals surface area contributed by atoms with Crippen LogP contribution in [0.2, 0.25) is 0 Å². The summed E-state index contributed by atoms with van der Waals surface area (Å²) in [7, 11) is 0. The predicted molar refractivity (Wildman–Crippen MR) is 121 cm³/mol. The first kappa shape index (κ1) is 29.0. The van der Waals surface area contributed by atoms with E-state index >= 15 is 0 Å². The number of hydrogen-bond acceptors (Lipinski definition) is 6. The van der Waals surface area contributed by atoms with Crippen molar-refractivity contribution in [2.75, 3.05) is 24.6 Å². The zero-order valence-corrected chi connectivity index (χ0v) is 19.9. The van der Waals surface area contributed by atoms with E-state index in [0.717, 1.165) is 38.0 Å². The quantitative estimate of drug-likeness (QED) is 0.323. The fourth-order valence-electron chi connectivity index (χ4n) is 4.09. The Bertz CT molecular complexity index is 798. The van der Waals surface area contributed by atoms with E-state index in [2.05, 4.69) is 16.0 Å². The molecule has 1 aromatic carbocycles. The van der Waals surface area contributed by atoms with Crippen LogP contribution in [0.15, 0.2) is 17.1 Å². The van der Waals surface area contributed by atoms with Gasteiger partial charge in [0.15, 0.2) is 0 Å². The van der Waals surface area contributed by atoms with Crippen LogP contribution in [0.3, 0.4) is 0 Å². The molecule has 31 heavy (non-hydrogen) atoms. The van der Waals surface area contributed by atoms with Gasteiger partial charge >= 0.3 is 24.8 Å². The van der Waals surface area contributed by atoms with Crippen molar-refractivity contribution in [2.45, 2.75) is 52.1 Å². The molecule has 0 radical (unpaired) electrons. The molecule has 2 aliphatic heterocycles. The first-order valence-corrected chi connectivity index (χ1v) is 9.88. The maximum atomic E-state index is 12.1. The number of carbonyl (C=O) groups excluding carboxylic acids is 1. The third-order valence-electron chi connectivity index (χ3n) is 5.30. The molecule has 0 N–H and O–H groups in total. The van der Waals surface area contributed by atoms with Crippen LogP contribution in [0.25, 0.3) is 0 Å². The maximum Gasteiger partial charge on any atom is 1.00 e. The number of aliphatic imine (C=N–C) groups is 1. The average Bonchev–Trinajstić information content (AvgIpc) is 2.95. The van der Waals surface area contributed by atoms with Crippen LogP contribution in [-0.4, -0.2) is 38.0 Å². The summed E-state index contributed by atoms with van der Waals surface area (Å²) in [5.41, 5.74) is 1.34. The van der Waals surface area contributed by atoms with Gasteiger partial charge in [0.25, 0.3) is 0 Å². The SMILES string of the molecule is [CH-]=Nc1ccc2c(c1C#N)OC[C@@H]1CC(CCC(=O)OC(C)(C)C)CCN2C1.[CH3-].[CH3-].[Li+]. The molecule has 2 heterocycles. The Kier molecular flexibility index (Phi) is 11.4. The van der Waals surface area contributed by atoms with Gasteiger partial charge in [-0.05, 0) is 46.0 Å². The Hall–Kier alpha value is -1.95. The Morgan fingerprint density at radius 2 is 2.10 bits per heavy atom. The minimum absolute atomic E-state index is 0. The van der Waals surface area contributed by atoms with E-state index in [1.165, 1.54) is 0 Å². The number of hydrogen-bond donors (Lipinski definition) is 0. The molecule has 0 aromatic heterocycles. The second kappa shape index (κ2) is 12.2. The van der Waals surface area contributed by atoms with Crippen LogP contribution >= 0.6 is 0 Å². The van der Waals surface area contributed by atoms with E-state index < -0.39 is 5.60 Å². The number of rotatable bonds is 4. The zero-order chi connectivity index (χ0) is 20.3. The van der Waals surface area contributed by atoms with Crippen molar-refractivity contribution in [3.05, 3.63) is 32.5 Å². The van der Waals surface area contributed by atoms with Crippen molar-refractivity contribution in [3.8, 4) is 11.8 Å². The van der Waals surface area contributed by atoms with Gasteiger partial charge in [0.05, 0.1) is 18.4 Å². The molecule has 1 fully saturated rings. The van der Waals surface area contributed by atoms with Gasteiger partial charge in [0.2, 0.25) is 0 Å². The molecule has 166 valence electrons. The van der Waals surface area contributed by atoms with Crippen LogP contribution in [0.4, 0.5) is 11.4 Å². The Morgan fingerprint density at radius 1 is 1.39 bits per heavy atom. The van der Waals surface area contributed by atoms with Crippen molar-refractivity contribution in [1.29, 1.82) is 5.26 Å². The molecular formula is C24H34LiN3O3-2. The third-order valence-corrected chi connectivity index (χ3v) is 5.30. The fourth-order valence-corrected chi connectivity index (χ4v) is 4.09. The van der Waals surface area contributed by atoms with Gasteiger partial charge in [-0.3, -0.25) is 4.79 Å². The summed E-state index contributed by atoms with van der Waals surface area (Å²) in [6.45, 7) is 13.4. The Balaban J connectivity index is 0.00000300. The monoisotopic (exact) mass is 419 g/mol. The van der Waals surface area contributed by atoms with Crippen LogP contribution in [0.1, 0.15) is 52.0 Å². The van der Waals surface area contributed by atoms with Crippen molar-refractivity contribution in [2.24, 2.45) is 16.8 Å². The number of carbonyl (C=O) groups is 1. The maximum absolute atomic E-state index is 12.1. The van der Waals surface area contributed by atoms with Crippen molar-refractivity contribution < 1.29 is 33.1 Å². The van der Waals surface area contributed by atoms with Crippen molar-refractivity contribution in [1.82, 2.24) is 0 Å². The van der Waals surface area contributed by atoms with Crippen LogP contribution < -0.4 is 28.5 Å². The smallest absolute Gasteiger partial charge is 0.491 e. The fraction of sp³-hybridized carbons (Fsp3) is 0.542. The molecule has 1 aromatic rings. The average molecular weight is 419 g/mol. The number of benzene rings is 1. The summed E-state index contributed by atoms with van der Waals surface area (Å²) >= 11 is 0. The van der Waals surface area contributed by atoms with Crippen LogP contribution in [-0.2, 0) is 9.53 Å². The first-order chi connectivity index (χ1) is 13.3. The molecule has 1 unspecified atom stereocenters. The minimum Gasteiger partial charge on any atom is -0.491 e. The molecule has 0 saturated carbocycles. The number of nitriles is 1. The number of fused-ring (bicyclic) bond motifs is 4. The second-order valence-corrected chi connectivity index (χ2v) is 8.69. The summed E-state index contributed by atoms with van der Waals surface area (Å²) in [6.07, 6.45) is 3.29. The van der Waals surface area contributed by atoms with Gasteiger partial charge in [0.1, 0.15) is 11.4 Å². The normalized spacial score (nSPS) is 19.4. The van der Waals surface area contributed by atoms with E-state index in [-0.39, 0.29) is 39.7 Å². The van der Waals surface area contributed by atoms with Gasteiger partial charge in [-0.15, -0.1) is 6.07 Å². The summed E-state index contributed by atoms with van der Waals surface area (Å²) in [4.78, 5) is 18.0. The molecule has 2 bridgehead atoms. The Labute approximate surface area is 200 Å². The molecule has 2 aliphatic rings. The molecular weight excluding hydrogens is 385 g/mol. The van der Waals surface area contributed by atoms with Gasteiger partial charge < -0.3 is 34.2 Å². The zero-order valence-electron chi connectivity index (χ0n) is 19.9. The summed E-state index contributed by atoms with van der Waals surface area (Å²) in [5.74, 6) is 1.27. The van der Waals surface area contributed by atoms with Crippen molar-refractivity contribution >= 4 is 24.1 Å². The summed E-state index contributed by atoms with van der Waals surface area (Å²) < 4.78 is 11.5. The molecule has 0 amide bonds.